The Bertz CT molecular complexity index is 495. The third kappa shape index (κ3) is 3.99. The highest BCUT2D eigenvalue weighted by atomic mass is 32.2. The van der Waals surface area contributed by atoms with E-state index in [1.807, 2.05) is 0 Å². The summed E-state index contributed by atoms with van der Waals surface area (Å²) in [5.74, 6) is -0.595. The first-order chi connectivity index (χ1) is 8.34. The fraction of sp³-hybridized carbons (Fsp3) is 0.182. The zero-order valence-electron chi connectivity index (χ0n) is 9.23. The highest BCUT2D eigenvalue weighted by Gasteiger charge is 2.34. The van der Waals surface area contributed by atoms with Crippen molar-refractivity contribution in [2.24, 2.45) is 0 Å². The van der Waals surface area contributed by atoms with Crippen molar-refractivity contribution in [1.82, 2.24) is 0 Å². The molecule has 1 unspecified atom stereocenters. The van der Waals surface area contributed by atoms with Crippen LogP contribution in [-0.2, 0) is 15.5 Å². The van der Waals surface area contributed by atoms with Crippen LogP contribution in [-0.4, -0.2) is 22.8 Å². The van der Waals surface area contributed by atoms with Gasteiger partial charge in [0.25, 0.3) is 0 Å². The van der Waals surface area contributed by atoms with Crippen molar-refractivity contribution in [3.05, 3.63) is 40.8 Å². The summed E-state index contributed by atoms with van der Waals surface area (Å²) in [6.45, 7) is 0. The molecule has 0 spiro atoms. The summed E-state index contributed by atoms with van der Waals surface area (Å²) in [4.78, 5) is 11.2. The van der Waals surface area contributed by atoms with Crippen molar-refractivity contribution >= 4 is 22.8 Å². The number of halogens is 3. The molecule has 0 aliphatic carbocycles. The normalized spacial score (nSPS) is 13.6. The van der Waals surface area contributed by atoms with Gasteiger partial charge in [-0.3, -0.25) is 0 Å². The zero-order chi connectivity index (χ0) is 13.8. The molecule has 1 aromatic rings. The average molecular weight is 278 g/mol. The van der Waals surface area contributed by atoms with Crippen LogP contribution in [0.25, 0.3) is 6.08 Å². The molecule has 0 bridgehead atoms. The second-order valence-electron chi connectivity index (χ2n) is 3.16. The number of hydrogen-bond donors (Lipinski definition) is 0. The number of hydrogen-bond acceptors (Lipinski definition) is 3. The number of methoxy groups -OCH3 is 1. The van der Waals surface area contributed by atoms with E-state index in [-0.39, 0.29) is 5.56 Å². The van der Waals surface area contributed by atoms with Crippen LogP contribution in [0, 0.1) is 0 Å². The minimum atomic E-state index is -4.78. The summed E-state index contributed by atoms with van der Waals surface area (Å²) in [5.41, 5.74) is -4.25. The first-order valence-electron chi connectivity index (χ1n) is 4.68. The van der Waals surface area contributed by atoms with Gasteiger partial charge in [0.1, 0.15) is 0 Å². The van der Waals surface area contributed by atoms with Crippen LogP contribution < -0.4 is 0 Å². The van der Waals surface area contributed by atoms with Crippen LogP contribution >= 0.6 is 0 Å². The molecular formula is C11H9F3O3S. The molecule has 98 valence electrons. The van der Waals surface area contributed by atoms with Crippen molar-refractivity contribution in [1.29, 1.82) is 0 Å². The van der Waals surface area contributed by atoms with Crippen molar-refractivity contribution < 1.29 is 26.9 Å². The van der Waals surface area contributed by atoms with Crippen molar-refractivity contribution in [3.63, 3.8) is 0 Å². The second kappa shape index (κ2) is 5.81. The van der Waals surface area contributed by atoms with Gasteiger partial charge in [0.2, 0.25) is 0 Å². The Morgan fingerprint density at radius 1 is 1.39 bits per heavy atom. The van der Waals surface area contributed by atoms with E-state index >= 15 is 0 Å². The Labute approximate surface area is 104 Å². The molecule has 0 aromatic heterocycles. The van der Waals surface area contributed by atoms with Gasteiger partial charge in [0.15, 0.2) is 10.8 Å². The van der Waals surface area contributed by atoms with Gasteiger partial charge in [-0.05, 0) is 23.8 Å². The van der Waals surface area contributed by atoms with Gasteiger partial charge in [-0.2, -0.15) is 13.2 Å². The van der Waals surface area contributed by atoms with Crippen molar-refractivity contribution in [3.8, 4) is 0 Å². The van der Waals surface area contributed by atoms with Crippen LogP contribution in [0.3, 0.4) is 0 Å². The topological polar surface area (TPSA) is 43.4 Å². The SMILES string of the molecule is COC(=O)c1cccc(/C=C/S(=O)C(F)(F)F)c1. The van der Waals surface area contributed by atoms with Crippen LogP contribution in [0.1, 0.15) is 15.9 Å². The lowest BCUT2D eigenvalue weighted by Crippen LogP contribution is -2.13. The quantitative estimate of drug-likeness (QED) is 0.798. The molecule has 7 heteroatoms. The number of rotatable bonds is 3. The maximum Gasteiger partial charge on any atom is 0.475 e. The maximum atomic E-state index is 12.0. The van der Waals surface area contributed by atoms with Crippen molar-refractivity contribution in [2.75, 3.05) is 7.11 Å². The van der Waals surface area contributed by atoms with E-state index in [9.17, 15) is 22.2 Å². The summed E-state index contributed by atoms with van der Waals surface area (Å²) in [6, 6.07) is 5.78. The van der Waals surface area contributed by atoms with E-state index in [1.54, 1.807) is 0 Å². The number of esters is 1. The first-order valence-corrected chi connectivity index (χ1v) is 5.90. The van der Waals surface area contributed by atoms with Gasteiger partial charge in [-0.25, -0.2) is 9.00 Å². The molecule has 0 aliphatic heterocycles. The first kappa shape index (κ1) is 14.4. The Morgan fingerprint density at radius 3 is 2.61 bits per heavy atom. The molecule has 0 N–H and O–H groups in total. The lowest BCUT2D eigenvalue weighted by Gasteiger charge is -2.02. The zero-order valence-corrected chi connectivity index (χ0v) is 10.0. The molecule has 1 rings (SSSR count). The van der Waals surface area contributed by atoms with Crippen LogP contribution in [0.2, 0.25) is 0 Å². The maximum absolute atomic E-state index is 12.0. The van der Waals surface area contributed by atoms with E-state index in [0.29, 0.717) is 11.0 Å². The average Bonchev–Trinajstić information content (AvgIpc) is 2.34. The van der Waals surface area contributed by atoms with Crippen LogP contribution in [0.5, 0.6) is 0 Å². The third-order valence-electron chi connectivity index (χ3n) is 1.92. The van der Waals surface area contributed by atoms with Crippen LogP contribution in [0.15, 0.2) is 29.7 Å². The Balaban J connectivity index is 2.89. The predicted molar refractivity (Wildman–Crippen MR) is 61.0 cm³/mol. The molecule has 1 aromatic carbocycles. The lowest BCUT2D eigenvalue weighted by atomic mass is 10.1. The molecule has 0 radical (unpaired) electrons. The summed E-state index contributed by atoms with van der Waals surface area (Å²) in [7, 11) is -1.86. The largest absolute Gasteiger partial charge is 0.475 e. The van der Waals surface area contributed by atoms with E-state index in [2.05, 4.69) is 4.74 Å². The second-order valence-corrected chi connectivity index (χ2v) is 4.49. The predicted octanol–water partition coefficient (Wildman–Crippen LogP) is 2.71. The molecule has 3 nitrogen and oxygen atoms in total. The van der Waals surface area contributed by atoms with E-state index < -0.39 is 22.3 Å². The van der Waals surface area contributed by atoms with E-state index in [0.717, 1.165) is 6.08 Å². The number of alkyl halides is 3. The fourth-order valence-corrected chi connectivity index (χ4v) is 1.54. The summed E-state index contributed by atoms with van der Waals surface area (Å²) in [5, 5.41) is 0.524. The van der Waals surface area contributed by atoms with E-state index in [1.165, 1.54) is 31.4 Å². The highest BCUT2D eigenvalue weighted by Crippen LogP contribution is 2.21. The molecular weight excluding hydrogens is 269 g/mol. The van der Waals surface area contributed by atoms with Gasteiger partial charge in [-0.1, -0.05) is 12.1 Å². The third-order valence-corrected chi connectivity index (χ3v) is 2.76. The molecule has 0 aliphatic rings. The number of carbonyl (C=O) groups excluding carboxylic acids is 1. The molecule has 0 heterocycles. The minimum Gasteiger partial charge on any atom is -0.465 e. The monoisotopic (exact) mass is 278 g/mol. The molecule has 0 saturated heterocycles. The lowest BCUT2D eigenvalue weighted by molar-refractivity contribution is -0.0374. The number of carbonyl (C=O) groups is 1. The van der Waals surface area contributed by atoms with Gasteiger partial charge >= 0.3 is 11.5 Å². The smallest absolute Gasteiger partial charge is 0.465 e. The summed E-state index contributed by atoms with van der Waals surface area (Å²) >= 11 is 0. The van der Waals surface area contributed by atoms with Gasteiger partial charge in [0, 0.05) is 5.41 Å². The summed E-state index contributed by atoms with van der Waals surface area (Å²) in [6.07, 6.45) is 1.04. The van der Waals surface area contributed by atoms with Crippen LogP contribution in [0.4, 0.5) is 13.2 Å². The molecule has 1 atom stereocenters. The van der Waals surface area contributed by atoms with Gasteiger partial charge < -0.3 is 4.74 Å². The fourth-order valence-electron chi connectivity index (χ4n) is 1.10. The molecule has 0 fully saturated rings. The Morgan fingerprint density at radius 2 is 2.06 bits per heavy atom. The Kier molecular flexibility index (Phi) is 4.66. The standard InChI is InChI=1S/C11H9F3O3S/c1-17-10(15)9-4-2-3-8(7-9)5-6-18(16)11(12,13)14/h2-7H,1H3/b6-5+. The summed E-state index contributed by atoms with van der Waals surface area (Å²) < 4.78 is 51.2. The molecule has 0 saturated carbocycles. The number of benzene rings is 1. The van der Waals surface area contributed by atoms with Gasteiger partial charge in [0.05, 0.1) is 12.7 Å². The Hall–Kier alpha value is -1.63. The minimum absolute atomic E-state index is 0.206. The molecule has 18 heavy (non-hydrogen) atoms. The highest BCUT2D eigenvalue weighted by molar-refractivity contribution is 7.89. The number of ether oxygens (including phenoxy) is 1. The molecule has 0 amide bonds. The van der Waals surface area contributed by atoms with E-state index in [4.69, 9.17) is 0 Å². The van der Waals surface area contributed by atoms with Crippen molar-refractivity contribution in [2.45, 2.75) is 5.51 Å². The van der Waals surface area contributed by atoms with Gasteiger partial charge in [-0.15, -0.1) is 0 Å².